The smallest absolute Gasteiger partial charge is 0.225 e. The van der Waals surface area contributed by atoms with Gasteiger partial charge < -0.3 is 10.2 Å². The predicted molar refractivity (Wildman–Crippen MR) is 99.9 cm³/mol. The van der Waals surface area contributed by atoms with E-state index in [1.54, 1.807) is 11.0 Å². The summed E-state index contributed by atoms with van der Waals surface area (Å²) in [6, 6.07) is 8.16. The van der Waals surface area contributed by atoms with Gasteiger partial charge in [0.25, 0.3) is 0 Å². The average Bonchev–Trinajstić information content (AvgIpc) is 3.40. The molecule has 0 radical (unpaired) electrons. The summed E-state index contributed by atoms with van der Waals surface area (Å²) >= 11 is 0. The molecule has 1 saturated heterocycles. The number of nitrogens with one attached hydrogen (secondary N) is 1. The van der Waals surface area contributed by atoms with Gasteiger partial charge in [-0.2, -0.15) is 5.10 Å². The number of piperidine rings is 1. The summed E-state index contributed by atoms with van der Waals surface area (Å²) in [7, 11) is 0. The third-order valence-corrected chi connectivity index (χ3v) is 5.69. The molecule has 1 aliphatic heterocycles. The molecule has 27 heavy (non-hydrogen) atoms. The molecule has 1 aliphatic carbocycles. The van der Waals surface area contributed by atoms with Crippen molar-refractivity contribution >= 4 is 11.8 Å². The molecule has 2 amide bonds. The fraction of sp³-hybridized carbons (Fsp3) is 0.500. The summed E-state index contributed by atoms with van der Waals surface area (Å²) in [6.07, 6.45) is 8.77. The van der Waals surface area contributed by atoms with Crippen LogP contribution >= 0.6 is 0 Å². The second-order valence-corrected chi connectivity index (χ2v) is 7.41. The van der Waals surface area contributed by atoms with E-state index in [-0.39, 0.29) is 17.7 Å². The number of aromatic nitrogens is 3. The van der Waals surface area contributed by atoms with E-state index >= 15 is 0 Å². The SMILES string of the molecule is O=C(NCc1ccccc1-n1cncn1)C1CCC(=O)N(C2CCCC2)C1. The van der Waals surface area contributed by atoms with Crippen LogP contribution in [0, 0.1) is 5.92 Å². The van der Waals surface area contributed by atoms with E-state index in [0.717, 1.165) is 24.1 Å². The highest BCUT2D eigenvalue weighted by Crippen LogP contribution is 2.28. The van der Waals surface area contributed by atoms with Crippen LogP contribution < -0.4 is 5.32 Å². The lowest BCUT2D eigenvalue weighted by molar-refractivity contribution is -0.140. The summed E-state index contributed by atoms with van der Waals surface area (Å²) in [6.45, 7) is 0.989. The highest BCUT2D eigenvalue weighted by atomic mass is 16.2. The fourth-order valence-corrected chi connectivity index (χ4v) is 4.20. The molecule has 7 nitrogen and oxygen atoms in total. The Kier molecular flexibility index (Phi) is 5.18. The van der Waals surface area contributed by atoms with Crippen LogP contribution in [-0.4, -0.2) is 44.1 Å². The first-order valence-electron chi connectivity index (χ1n) is 9.72. The van der Waals surface area contributed by atoms with Crippen molar-refractivity contribution in [3.63, 3.8) is 0 Å². The summed E-state index contributed by atoms with van der Waals surface area (Å²) in [5.74, 6) is 0.114. The van der Waals surface area contributed by atoms with Gasteiger partial charge in [-0.05, 0) is 30.9 Å². The van der Waals surface area contributed by atoms with Crippen LogP contribution in [0.3, 0.4) is 0 Å². The van der Waals surface area contributed by atoms with Gasteiger partial charge in [0.05, 0.1) is 11.6 Å². The van der Waals surface area contributed by atoms with E-state index in [4.69, 9.17) is 0 Å². The van der Waals surface area contributed by atoms with Gasteiger partial charge >= 0.3 is 0 Å². The Labute approximate surface area is 158 Å². The molecule has 1 aromatic heterocycles. The third kappa shape index (κ3) is 3.86. The van der Waals surface area contributed by atoms with Gasteiger partial charge in [0, 0.05) is 25.6 Å². The normalized spacial score (nSPS) is 20.8. The Hall–Kier alpha value is -2.70. The van der Waals surface area contributed by atoms with Crippen molar-refractivity contribution in [2.24, 2.45) is 5.92 Å². The zero-order valence-electron chi connectivity index (χ0n) is 15.4. The standard InChI is InChI=1S/C20H25N5O2/c26-19-10-9-16(12-24(19)17-6-2-3-7-17)20(27)22-11-15-5-1-4-8-18(15)25-14-21-13-23-25/h1,4-5,8,13-14,16-17H,2-3,6-7,9-12H2,(H,22,27). The quantitative estimate of drug-likeness (QED) is 0.877. The monoisotopic (exact) mass is 367 g/mol. The van der Waals surface area contributed by atoms with Crippen molar-refractivity contribution in [2.75, 3.05) is 6.54 Å². The maximum absolute atomic E-state index is 12.8. The third-order valence-electron chi connectivity index (χ3n) is 5.69. The summed E-state index contributed by atoms with van der Waals surface area (Å²) in [4.78, 5) is 31.0. The topological polar surface area (TPSA) is 80.1 Å². The Balaban J connectivity index is 1.39. The van der Waals surface area contributed by atoms with Crippen molar-refractivity contribution in [1.29, 1.82) is 0 Å². The number of nitrogens with zero attached hydrogens (tertiary/aromatic N) is 4. The maximum atomic E-state index is 12.8. The average molecular weight is 367 g/mol. The molecule has 1 atom stereocenters. The minimum Gasteiger partial charge on any atom is -0.352 e. The van der Waals surface area contributed by atoms with Gasteiger partial charge in [0.2, 0.25) is 11.8 Å². The summed E-state index contributed by atoms with van der Waals surface area (Å²) in [5.41, 5.74) is 1.89. The molecule has 2 heterocycles. The van der Waals surface area contributed by atoms with E-state index < -0.39 is 0 Å². The second kappa shape index (κ2) is 7.90. The maximum Gasteiger partial charge on any atom is 0.225 e. The van der Waals surface area contributed by atoms with E-state index in [0.29, 0.717) is 32.0 Å². The van der Waals surface area contributed by atoms with Crippen molar-refractivity contribution < 1.29 is 9.59 Å². The first-order valence-corrected chi connectivity index (χ1v) is 9.72. The molecule has 0 spiro atoms. The molecular formula is C20H25N5O2. The molecule has 2 aromatic rings. The second-order valence-electron chi connectivity index (χ2n) is 7.41. The lowest BCUT2D eigenvalue weighted by atomic mass is 9.94. The zero-order chi connectivity index (χ0) is 18.6. The van der Waals surface area contributed by atoms with Gasteiger partial charge in [-0.1, -0.05) is 31.0 Å². The van der Waals surface area contributed by atoms with Gasteiger partial charge in [-0.15, -0.1) is 0 Å². The van der Waals surface area contributed by atoms with Gasteiger partial charge in [0.15, 0.2) is 0 Å². The Morgan fingerprint density at radius 3 is 2.78 bits per heavy atom. The number of benzene rings is 1. The van der Waals surface area contributed by atoms with E-state index in [2.05, 4.69) is 15.4 Å². The molecule has 1 N–H and O–H groups in total. The van der Waals surface area contributed by atoms with Crippen LogP contribution in [0.1, 0.15) is 44.1 Å². The van der Waals surface area contributed by atoms with E-state index in [1.165, 1.54) is 19.2 Å². The van der Waals surface area contributed by atoms with Crippen LogP contribution in [0.5, 0.6) is 0 Å². The number of rotatable bonds is 5. The van der Waals surface area contributed by atoms with Crippen LogP contribution in [0.4, 0.5) is 0 Å². The van der Waals surface area contributed by atoms with Gasteiger partial charge in [-0.25, -0.2) is 9.67 Å². The Morgan fingerprint density at radius 2 is 2.00 bits per heavy atom. The number of para-hydroxylation sites is 1. The number of amides is 2. The molecule has 142 valence electrons. The number of carbonyl (C=O) groups is 2. The first kappa shape index (κ1) is 17.7. The van der Waals surface area contributed by atoms with Crippen molar-refractivity contribution in [3.05, 3.63) is 42.5 Å². The molecule has 1 unspecified atom stereocenters. The highest BCUT2D eigenvalue weighted by Gasteiger charge is 2.35. The molecule has 1 aromatic carbocycles. The van der Waals surface area contributed by atoms with Crippen molar-refractivity contribution in [2.45, 2.75) is 51.1 Å². The molecule has 4 rings (SSSR count). The van der Waals surface area contributed by atoms with Crippen molar-refractivity contribution in [1.82, 2.24) is 25.0 Å². The van der Waals surface area contributed by atoms with Crippen molar-refractivity contribution in [3.8, 4) is 5.69 Å². The van der Waals surface area contributed by atoms with Crippen LogP contribution in [0.2, 0.25) is 0 Å². The predicted octanol–water partition coefficient (Wildman–Crippen LogP) is 2.06. The number of hydrogen-bond donors (Lipinski definition) is 1. The number of carbonyl (C=O) groups excluding carboxylic acids is 2. The molecular weight excluding hydrogens is 342 g/mol. The zero-order valence-corrected chi connectivity index (χ0v) is 15.4. The molecule has 2 aliphatic rings. The summed E-state index contributed by atoms with van der Waals surface area (Å²) < 4.78 is 1.70. The first-order chi connectivity index (χ1) is 13.2. The van der Waals surface area contributed by atoms with Gasteiger partial charge in [-0.3, -0.25) is 9.59 Å². The van der Waals surface area contributed by atoms with Crippen LogP contribution in [0.15, 0.2) is 36.9 Å². The largest absolute Gasteiger partial charge is 0.352 e. The molecule has 7 heteroatoms. The molecule has 2 fully saturated rings. The molecule has 0 bridgehead atoms. The Bertz CT molecular complexity index is 798. The van der Waals surface area contributed by atoms with Crippen LogP contribution in [-0.2, 0) is 16.1 Å². The lowest BCUT2D eigenvalue weighted by Crippen LogP contribution is -2.49. The van der Waals surface area contributed by atoms with Gasteiger partial charge in [0.1, 0.15) is 12.7 Å². The highest BCUT2D eigenvalue weighted by molar-refractivity contribution is 5.84. The fourth-order valence-electron chi connectivity index (χ4n) is 4.20. The summed E-state index contributed by atoms with van der Waals surface area (Å²) in [5, 5.41) is 7.23. The minimum absolute atomic E-state index is 0.0268. The Morgan fingerprint density at radius 1 is 1.19 bits per heavy atom. The number of likely N-dealkylation sites (tertiary alicyclic amines) is 1. The van der Waals surface area contributed by atoms with E-state index in [9.17, 15) is 9.59 Å². The number of hydrogen-bond acceptors (Lipinski definition) is 4. The van der Waals surface area contributed by atoms with Crippen LogP contribution in [0.25, 0.3) is 5.69 Å². The minimum atomic E-state index is -0.123. The lowest BCUT2D eigenvalue weighted by Gasteiger charge is -2.36. The van der Waals surface area contributed by atoms with E-state index in [1.807, 2.05) is 29.2 Å². The molecule has 1 saturated carbocycles.